The molecule has 0 aromatic carbocycles. The molecule has 0 radical (unpaired) electrons. The zero-order chi connectivity index (χ0) is 14.9. The fourth-order valence-corrected chi connectivity index (χ4v) is 2.55. The fraction of sp³-hybridized carbons (Fsp3) is 0.857. The zero-order valence-electron chi connectivity index (χ0n) is 12.5. The normalized spacial score (nSPS) is 16.4. The van der Waals surface area contributed by atoms with Crippen LogP contribution >= 0.6 is 0 Å². The van der Waals surface area contributed by atoms with Gasteiger partial charge < -0.3 is 10.2 Å². The largest absolute Gasteiger partial charge is 0.481 e. The number of carbonyl (C=O) groups is 2. The fourth-order valence-electron chi connectivity index (χ4n) is 2.55. The van der Waals surface area contributed by atoms with Crippen LogP contribution in [0.5, 0.6) is 0 Å². The number of aliphatic carboxylic acids is 2. The summed E-state index contributed by atoms with van der Waals surface area (Å²) in [5.74, 6) is -3.91. The third-order valence-corrected chi connectivity index (χ3v) is 3.74. The molecule has 2 N–H and O–H groups in total. The summed E-state index contributed by atoms with van der Waals surface area (Å²) in [6.45, 7) is 13.5. The minimum absolute atomic E-state index is 0.134. The van der Waals surface area contributed by atoms with Crippen molar-refractivity contribution in [3.8, 4) is 0 Å². The molecule has 0 amide bonds. The Morgan fingerprint density at radius 1 is 0.889 bits per heavy atom. The van der Waals surface area contributed by atoms with Gasteiger partial charge in [-0.25, -0.2) is 0 Å². The van der Waals surface area contributed by atoms with E-state index in [4.69, 9.17) is 0 Å². The van der Waals surface area contributed by atoms with Gasteiger partial charge >= 0.3 is 11.9 Å². The van der Waals surface area contributed by atoms with Crippen LogP contribution in [0.15, 0.2) is 0 Å². The quantitative estimate of drug-likeness (QED) is 0.759. The lowest BCUT2D eigenvalue weighted by Crippen LogP contribution is -2.49. The Kier molecular flexibility index (Phi) is 4.61. The first-order chi connectivity index (χ1) is 7.72. The highest BCUT2D eigenvalue weighted by Crippen LogP contribution is 2.51. The van der Waals surface area contributed by atoms with Crippen LogP contribution < -0.4 is 0 Å². The second kappa shape index (κ2) is 4.90. The van der Waals surface area contributed by atoms with E-state index in [0.717, 1.165) is 0 Å². The Bertz CT molecular complexity index is 319. The van der Waals surface area contributed by atoms with Crippen molar-refractivity contribution in [1.29, 1.82) is 0 Å². The minimum Gasteiger partial charge on any atom is -0.481 e. The lowest BCUT2D eigenvalue weighted by atomic mass is 9.55. The van der Waals surface area contributed by atoms with Crippen LogP contribution in [0.4, 0.5) is 0 Å². The lowest BCUT2D eigenvalue weighted by molar-refractivity contribution is -0.167. The molecular formula is C14H26O4. The van der Waals surface area contributed by atoms with E-state index in [1.54, 1.807) is 6.92 Å². The van der Waals surface area contributed by atoms with Gasteiger partial charge in [-0.1, -0.05) is 48.5 Å². The molecule has 4 nitrogen and oxygen atoms in total. The smallest absolute Gasteiger partial charge is 0.318 e. The van der Waals surface area contributed by atoms with E-state index in [1.807, 2.05) is 41.5 Å². The minimum atomic E-state index is -1.39. The third-order valence-electron chi connectivity index (χ3n) is 3.74. The average Bonchev–Trinajstić information content (AvgIpc) is 1.94. The van der Waals surface area contributed by atoms with Crippen molar-refractivity contribution in [1.82, 2.24) is 0 Å². The van der Waals surface area contributed by atoms with Crippen molar-refractivity contribution in [2.24, 2.45) is 22.2 Å². The van der Waals surface area contributed by atoms with Crippen LogP contribution in [0.2, 0.25) is 0 Å². The monoisotopic (exact) mass is 258 g/mol. The van der Waals surface area contributed by atoms with Gasteiger partial charge in [0.25, 0.3) is 0 Å². The first-order valence-electron chi connectivity index (χ1n) is 6.18. The second-order valence-corrected chi connectivity index (χ2v) is 7.51. The zero-order valence-corrected chi connectivity index (χ0v) is 12.5. The van der Waals surface area contributed by atoms with E-state index in [2.05, 4.69) is 0 Å². The maximum absolute atomic E-state index is 11.3. The van der Waals surface area contributed by atoms with Gasteiger partial charge in [0.05, 0.1) is 0 Å². The lowest BCUT2D eigenvalue weighted by Gasteiger charge is -2.47. The average molecular weight is 258 g/mol. The summed E-state index contributed by atoms with van der Waals surface area (Å²) in [4.78, 5) is 22.7. The summed E-state index contributed by atoms with van der Waals surface area (Å²) < 4.78 is 0. The molecule has 1 atom stereocenters. The molecule has 0 saturated heterocycles. The molecule has 0 aromatic rings. The van der Waals surface area contributed by atoms with Crippen LogP contribution in [-0.2, 0) is 9.59 Å². The molecule has 0 aliphatic carbocycles. The Balaban J connectivity index is 5.75. The SMILES string of the molecule is CC(C)(C)CC(C)(C(C(=O)O)C(=O)O)C(C)(C)C. The summed E-state index contributed by atoms with van der Waals surface area (Å²) in [5.41, 5.74) is -1.37. The highest BCUT2D eigenvalue weighted by Gasteiger charge is 2.52. The number of rotatable bonds is 4. The van der Waals surface area contributed by atoms with Gasteiger partial charge in [-0.3, -0.25) is 9.59 Å². The van der Waals surface area contributed by atoms with Gasteiger partial charge in [-0.2, -0.15) is 0 Å². The molecule has 1 unspecified atom stereocenters. The van der Waals surface area contributed by atoms with Crippen molar-refractivity contribution < 1.29 is 19.8 Å². The molecule has 0 bridgehead atoms. The first-order valence-corrected chi connectivity index (χ1v) is 6.18. The van der Waals surface area contributed by atoms with Crippen LogP contribution in [0, 0.1) is 22.2 Å². The maximum Gasteiger partial charge on any atom is 0.318 e. The van der Waals surface area contributed by atoms with E-state index in [9.17, 15) is 19.8 Å². The van der Waals surface area contributed by atoms with E-state index in [0.29, 0.717) is 6.42 Å². The highest BCUT2D eigenvalue weighted by molar-refractivity contribution is 5.94. The van der Waals surface area contributed by atoms with Crippen molar-refractivity contribution in [2.75, 3.05) is 0 Å². The molecular weight excluding hydrogens is 232 g/mol. The number of hydrogen-bond donors (Lipinski definition) is 2. The van der Waals surface area contributed by atoms with Crippen molar-refractivity contribution in [3.63, 3.8) is 0 Å². The molecule has 0 spiro atoms. The Morgan fingerprint density at radius 2 is 1.22 bits per heavy atom. The number of carboxylic acid groups (broad SMARTS) is 2. The Morgan fingerprint density at radius 3 is 1.39 bits per heavy atom. The van der Waals surface area contributed by atoms with E-state index in [-0.39, 0.29) is 5.41 Å². The second-order valence-electron chi connectivity index (χ2n) is 7.51. The van der Waals surface area contributed by atoms with Gasteiger partial charge in [0, 0.05) is 0 Å². The Hall–Kier alpha value is -1.06. The van der Waals surface area contributed by atoms with Gasteiger partial charge in [0.1, 0.15) is 0 Å². The molecule has 0 saturated carbocycles. The summed E-state index contributed by atoms with van der Waals surface area (Å²) in [5, 5.41) is 18.5. The first kappa shape index (κ1) is 16.9. The van der Waals surface area contributed by atoms with Crippen molar-refractivity contribution >= 4 is 11.9 Å². The topological polar surface area (TPSA) is 74.6 Å². The van der Waals surface area contributed by atoms with Crippen LogP contribution in [-0.4, -0.2) is 22.2 Å². The molecule has 0 aliphatic heterocycles. The predicted octanol–water partition coefficient (Wildman–Crippen LogP) is 3.26. The van der Waals surface area contributed by atoms with Gasteiger partial charge in [0.15, 0.2) is 5.92 Å². The molecule has 106 valence electrons. The van der Waals surface area contributed by atoms with Gasteiger partial charge in [-0.15, -0.1) is 0 Å². The number of carboxylic acids is 2. The molecule has 0 rings (SSSR count). The summed E-state index contributed by atoms with van der Waals surface area (Å²) in [6.07, 6.45) is 0.534. The van der Waals surface area contributed by atoms with Gasteiger partial charge in [0.2, 0.25) is 0 Å². The standard InChI is InChI=1S/C14H26O4/c1-12(2,3)8-14(7,13(4,5)6)9(10(15)16)11(17)18/h9H,8H2,1-7H3,(H,15,16)(H,17,18). The molecule has 18 heavy (non-hydrogen) atoms. The van der Waals surface area contributed by atoms with Crippen LogP contribution in [0.1, 0.15) is 54.9 Å². The van der Waals surface area contributed by atoms with E-state index >= 15 is 0 Å². The van der Waals surface area contributed by atoms with Crippen molar-refractivity contribution in [3.05, 3.63) is 0 Å². The molecule has 4 heteroatoms. The summed E-state index contributed by atoms with van der Waals surface area (Å²) >= 11 is 0. The highest BCUT2D eigenvalue weighted by atomic mass is 16.4. The molecule has 0 fully saturated rings. The molecule has 0 aromatic heterocycles. The summed E-state index contributed by atoms with van der Waals surface area (Å²) in [7, 11) is 0. The molecule has 0 aliphatic rings. The third kappa shape index (κ3) is 3.72. The van der Waals surface area contributed by atoms with Crippen molar-refractivity contribution in [2.45, 2.75) is 54.9 Å². The summed E-state index contributed by atoms with van der Waals surface area (Å²) in [6, 6.07) is 0. The van der Waals surface area contributed by atoms with Gasteiger partial charge in [-0.05, 0) is 22.7 Å². The maximum atomic E-state index is 11.3. The van der Waals surface area contributed by atoms with E-state index < -0.39 is 28.7 Å². The van der Waals surface area contributed by atoms with E-state index in [1.165, 1.54) is 0 Å². The van der Waals surface area contributed by atoms with Crippen LogP contribution in [0.3, 0.4) is 0 Å². The molecule has 0 heterocycles. The Labute approximate surface area is 109 Å². The van der Waals surface area contributed by atoms with Crippen LogP contribution in [0.25, 0.3) is 0 Å². The predicted molar refractivity (Wildman–Crippen MR) is 70.4 cm³/mol. The number of hydrogen-bond acceptors (Lipinski definition) is 2.